The topological polar surface area (TPSA) is 12.0 Å². The molecule has 0 amide bonds. The van der Waals surface area contributed by atoms with Gasteiger partial charge in [-0.05, 0) is 56.2 Å². The van der Waals surface area contributed by atoms with Crippen LogP contribution in [0.2, 0.25) is 0 Å². The lowest BCUT2D eigenvalue weighted by atomic mass is 9.80. The first-order valence-corrected chi connectivity index (χ1v) is 8.38. The van der Waals surface area contributed by atoms with E-state index >= 15 is 0 Å². The lowest BCUT2D eigenvalue weighted by molar-refractivity contribution is 0.362. The van der Waals surface area contributed by atoms with Crippen LogP contribution in [0.1, 0.15) is 68.6 Å². The maximum Gasteiger partial charge on any atom is 0.00104 e. The van der Waals surface area contributed by atoms with Gasteiger partial charge in [-0.25, -0.2) is 0 Å². The van der Waals surface area contributed by atoms with Crippen LogP contribution >= 0.6 is 0 Å². The van der Waals surface area contributed by atoms with Gasteiger partial charge in [0.2, 0.25) is 0 Å². The molecular formula is C19H31N. The molecule has 0 saturated heterocycles. The number of nitrogens with one attached hydrogen (secondary N) is 1. The molecule has 0 heterocycles. The van der Waals surface area contributed by atoms with Gasteiger partial charge in [0.15, 0.2) is 0 Å². The molecule has 1 saturated carbocycles. The van der Waals surface area contributed by atoms with Gasteiger partial charge in [-0.3, -0.25) is 0 Å². The third-order valence-corrected chi connectivity index (χ3v) is 4.77. The first-order chi connectivity index (χ1) is 9.58. The summed E-state index contributed by atoms with van der Waals surface area (Å²) in [6.45, 7) is 10.2. The molecule has 0 bridgehead atoms. The fraction of sp³-hybridized carbons (Fsp3) is 0.684. The third-order valence-electron chi connectivity index (χ3n) is 4.77. The van der Waals surface area contributed by atoms with E-state index in [2.05, 4.69) is 51.2 Å². The summed E-state index contributed by atoms with van der Waals surface area (Å²) < 4.78 is 0. The van der Waals surface area contributed by atoms with Crippen LogP contribution in [0.4, 0.5) is 0 Å². The van der Waals surface area contributed by atoms with E-state index in [0.717, 1.165) is 11.8 Å². The van der Waals surface area contributed by atoms with Crippen LogP contribution in [0.5, 0.6) is 0 Å². The molecule has 1 aromatic carbocycles. The zero-order valence-electron chi connectivity index (χ0n) is 13.7. The van der Waals surface area contributed by atoms with E-state index in [4.69, 9.17) is 0 Å². The van der Waals surface area contributed by atoms with Crippen molar-refractivity contribution in [3.8, 4) is 0 Å². The number of aryl methyl sites for hydroxylation is 2. The summed E-state index contributed by atoms with van der Waals surface area (Å²) in [5.74, 6) is 1.56. The van der Waals surface area contributed by atoms with E-state index < -0.39 is 0 Å². The summed E-state index contributed by atoms with van der Waals surface area (Å²) in [6.07, 6.45) is 6.98. The Kier molecular flexibility index (Phi) is 5.65. The van der Waals surface area contributed by atoms with Crippen molar-refractivity contribution >= 4 is 0 Å². The average Bonchev–Trinajstić information content (AvgIpc) is 2.61. The molecule has 1 N–H and O–H groups in total. The van der Waals surface area contributed by atoms with Crippen LogP contribution in [-0.4, -0.2) is 12.6 Å². The van der Waals surface area contributed by atoms with Gasteiger partial charge < -0.3 is 5.32 Å². The van der Waals surface area contributed by atoms with Crippen molar-refractivity contribution in [2.45, 2.75) is 71.8 Å². The summed E-state index contributed by atoms with van der Waals surface area (Å²) >= 11 is 0. The Balaban J connectivity index is 2.18. The zero-order chi connectivity index (χ0) is 14.5. The molecule has 1 aliphatic carbocycles. The molecule has 1 nitrogen and oxygen atoms in total. The van der Waals surface area contributed by atoms with Crippen molar-refractivity contribution in [2.24, 2.45) is 5.92 Å². The number of hydrogen-bond donors (Lipinski definition) is 1. The van der Waals surface area contributed by atoms with Gasteiger partial charge in [-0.15, -0.1) is 0 Å². The number of rotatable bonds is 4. The van der Waals surface area contributed by atoms with Crippen LogP contribution in [0.15, 0.2) is 18.2 Å². The largest absolute Gasteiger partial charge is 0.314 e. The van der Waals surface area contributed by atoms with Gasteiger partial charge in [0, 0.05) is 6.04 Å². The van der Waals surface area contributed by atoms with Crippen molar-refractivity contribution in [1.29, 1.82) is 0 Å². The van der Waals surface area contributed by atoms with E-state index in [9.17, 15) is 0 Å². The Morgan fingerprint density at radius 1 is 1.10 bits per heavy atom. The Morgan fingerprint density at radius 3 is 2.55 bits per heavy atom. The van der Waals surface area contributed by atoms with Crippen LogP contribution in [-0.2, 0) is 0 Å². The molecule has 0 aliphatic heterocycles. The highest BCUT2D eigenvalue weighted by atomic mass is 14.9. The summed E-state index contributed by atoms with van der Waals surface area (Å²) in [4.78, 5) is 0. The Labute approximate surface area is 125 Å². The minimum Gasteiger partial charge on any atom is -0.314 e. The molecule has 0 spiro atoms. The monoisotopic (exact) mass is 273 g/mol. The normalized spacial score (nSPS) is 23.9. The van der Waals surface area contributed by atoms with Crippen molar-refractivity contribution < 1.29 is 0 Å². The minimum absolute atomic E-state index is 0.595. The van der Waals surface area contributed by atoms with Crippen LogP contribution in [0.3, 0.4) is 0 Å². The highest BCUT2D eigenvalue weighted by molar-refractivity contribution is 5.33. The molecule has 1 aromatic rings. The second kappa shape index (κ2) is 7.26. The highest BCUT2D eigenvalue weighted by Crippen LogP contribution is 2.37. The third kappa shape index (κ3) is 4.09. The van der Waals surface area contributed by atoms with E-state index in [1.807, 2.05) is 0 Å². The predicted molar refractivity (Wildman–Crippen MR) is 88.4 cm³/mol. The van der Waals surface area contributed by atoms with Gasteiger partial charge in [-0.1, -0.05) is 56.9 Å². The lowest BCUT2D eigenvalue weighted by Gasteiger charge is -2.28. The van der Waals surface area contributed by atoms with E-state index in [1.54, 1.807) is 5.56 Å². The molecule has 0 radical (unpaired) electrons. The molecule has 1 heteroatoms. The van der Waals surface area contributed by atoms with Crippen LogP contribution in [0, 0.1) is 19.8 Å². The summed E-state index contributed by atoms with van der Waals surface area (Å²) in [5.41, 5.74) is 4.48. The second-order valence-corrected chi connectivity index (χ2v) is 6.93. The lowest BCUT2D eigenvalue weighted by Crippen LogP contribution is -2.31. The maximum absolute atomic E-state index is 3.67. The number of benzene rings is 1. The Bertz CT molecular complexity index is 422. The first-order valence-electron chi connectivity index (χ1n) is 8.38. The molecule has 2 atom stereocenters. The summed E-state index contributed by atoms with van der Waals surface area (Å²) in [6, 6.07) is 7.63. The summed E-state index contributed by atoms with van der Waals surface area (Å²) in [7, 11) is 0. The van der Waals surface area contributed by atoms with Gasteiger partial charge in [-0.2, -0.15) is 0 Å². The molecule has 112 valence electrons. The fourth-order valence-electron chi connectivity index (χ4n) is 3.67. The van der Waals surface area contributed by atoms with E-state index in [-0.39, 0.29) is 0 Å². The van der Waals surface area contributed by atoms with Crippen LogP contribution < -0.4 is 5.32 Å². The minimum atomic E-state index is 0.595. The molecule has 2 unspecified atom stereocenters. The van der Waals surface area contributed by atoms with Crippen molar-refractivity contribution in [3.05, 3.63) is 34.9 Å². The average molecular weight is 273 g/mol. The zero-order valence-corrected chi connectivity index (χ0v) is 13.7. The molecule has 2 rings (SSSR count). The van der Waals surface area contributed by atoms with Crippen LogP contribution in [0.25, 0.3) is 0 Å². The van der Waals surface area contributed by atoms with Crippen molar-refractivity contribution in [2.75, 3.05) is 6.54 Å². The van der Waals surface area contributed by atoms with Crippen molar-refractivity contribution in [3.63, 3.8) is 0 Å². The van der Waals surface area contributed by atoms with Crippen molar-refractivity contribution in [1.82, 2.24) is 5.32 Å². The fourth-order valence-corrected chi connectivity index (χ4v) is 3.67. The van der Waals surface area contributed by atoms with Gasteiger partial charge in [0.05, 0.1) is 0 Å². The quantitative estimate of drug-likeness (QED) is 0.764. The van der Waals surface area contributed by atoms with E-state index in [0.29, 0.717) is 6.04 Å². The molecular weight excluding hydrogens is 242 g/mol. The SMILES string of the molecule is Cc1ccc(C2CCCCCC2CNC(C)C)c(C)c1. The molecule has 20 heavy (non-hydrogen) atoms. The van der Waals surface area contributed by atoms with Gasteiger partial charge in [0.25, 0.3) is 0 Å². The van der Waals surface area contributed by atoms with E-state index in [1.165, 1.54) is 49.8 Å². The number of hydrogen-bond acceptors (Lipinski definition) is 1. The molecule has 1 aliphatic rings. The predicted octanol–water partition coefficient (Wildman–Crippen LogP) is 4.97. The first kappa shape index (κ1) is 15.6. The maximum atomic E-state index is 3.67. The standard InChI is InChI=1S/C19H31N/c1-14(2)20-13-17-8-6-5-7-9-19(17)18-11-10-15(3)12-16(18)4/h10-12,14,17,19-20H,5-9,13H2,1-4H3. The highest BCUT2D eigenvalue weighted by Gasteiger charge is 2.26. The second-order valence-electron chi connectivity index (χ2n) is 6.93. The Morgan fingerprint density at radius 2 is 1.85 bits per heavy atom. The molecule has 0 aromatic heterocycles. The smallest absolute Gasteiger partial charge is 0.00104 e. The summed E-state index contributed by atoms with van der Waals surface area (Å²) in [5, 5.41) is 3.67. The Hall–Kier alpha value is -0.820. The van der Waals surface area contributed by atoms with Gasteiger partial charge in [0.1, 0.15) is 0 Å². The molecule has 1 fully saturated rings. The van der Waals surface area contributed by atoms with Gasteiger partial charge >= 0.3 is 0 Å².